The van der Waals surface area contributed by atoms with Gasteiger partial charge in [-0.1, -0.05) is 44.2 Å². The maximum absolute atomic E-state index is 13.2. The predicted molar refractivity (Wildman–Crippen MR) is 110 cm³/mol. The standard InChI is InChI=1S/C21H29N5O3/c1-13(2)9-15(23-3)19(28)26-12-21(11-17(26)18(22)27)10-16(24-25-20(21)29)14-7-5-4-6-8-14/h4-8,13,15,17,23H,9-12H2,1-3H3,(H2,22,27)(H,25,29)/t15-,17-,21-/m0/s1. The molecule has 3 rings (SSSR count). The van der Waals surface area contributed by atoms with Crippen LogP contribution in [-0.4, -0.2) is 54.0 Å². The first kappa shape index (κ1) is 21.0. The fourth-order valence-corrected chi connectivity index (χ4v) is 4.25. The van der Waals surface area contributed by atoms with Crippen molar-refractivity contribution < 1.29 is 14.4 Å². The highest BCUT2D eigenvalue weighted by molar-refractivity contribution is 6.07. The van der Waals surface area contributed by atoms with Gasteiger partial charge in [0, 0.05) is 13.0 Å². The molecule has 4 N–H and O–H groups in total. The van der Waals surface area contributed by atoms with Crippen molar-refractivity contribution >= 4 is 23.4 Å². The van der Waals surface area contributed by atoms with Gasteiger partial charge in [0.25, 0.3) is 0 Å². The van der Waals surface area contributed by atoms with Crippen LogP contribution in [0.25, 0.3) is 0 Å². The lowest BCUT2D eigenvalue weighted by atomic mass is 9.77. The van der Waals surface area contributed by atoms with Gasteiger partial charge in [0.1, 0.15) is 6.04 Å². The lowest BCUT2D eigenvalue weighted by molar-refractivity contribution is -0.139. The number of hydrazone groups is 1. The number of nitrogens with two attached hydrogens (primary N) is 1. The van der Waals surface area contributed by atoms with Crippen molar-refractivity contribution in [1.82, 2.24) is 15.6 Å². The first-order valence-electron chi connectivity index (χ1n) is 9.97. The van der Waals surface area contributed by atoms with Gasteiger partial charge >= 0.3 is 0 Å². The quantitative estimate of drug-likeness (QED) is 0.650. The molecule has 2 heterocycles. The van der Waals surface area contributed by atoms with Crippen LogP contribution in [0.3, 0.4) is 0 Å². The van der Waals surface area contributed by atoms with Crippen molar-refractivity contribution in [1.29, 1.82) is 0 Å². The van der Waals surface area contributed by atoms with Gasteiger partial charge in [0.15, 0.2) is 0 Å². The molecule has 3 amide bonds. The van der Waals surface area contributed by atoms with Gasteiger partial charge in [-0.3, -0.25) is 14.4 Å². The fourth-order valence-electron chi connectivity index (χ4n) is 4.25. The number of primary amides is 1. The van der Waals surface area contributed by atoms with Gasteiger partial charge in [-0.25, -0.2) is 5.43 Å². The van der Waals surface area contributed by atoms with Crippen LogP contribution < -0.4 is 16.5 Å². The third kappa shape index (κ3) is 4.17. The Labute approximate surface area is 170 Å². The van der Waals surface area contributed by atoms with E-state index < -0.39 is 23.4 Å². The lowest BCUT2D eigenvalue weighted by Crippen LogP contribution is -2.52. The first-order valence-corrected chi connectivity index (χ1v) is 9.97. The number of hydrogen-bond acceptors (Lipinski definition) is 5. The van der Waals surface area contributed by atoms with Crippen molar-refractivity contribution in [2.75, 3.05) is 13.6 Å². The Bertz CT molecular complexity index is 823. The van der Waals surface area contributed by atoms with E-state index in [0.717, 1.165) is 11.3 Å². The summed E-state index contributed by atoms with van der Waals surface area (Å²) < 4.78 is 0. The van der Waals surface area contributed by atoms with Crippen molar-refractivity contribution in [3.63, 3.8) is 0 Å². The molecule has 0 aliphatic carbocycles. The maximum Gasteiger partial charge on any atom is 0.248 e. The summed E-state index contributed by atoms with van der Waals surface area (Å²) >= 11 is 0. The van der Waals surface area contributed by atoms with Gasteiger partial charge in [-0.15, -0.1) is 0 Å². The summed E-state index contributed by atoms with van der Waals surface area (Å²) in [5.41, 5.74) is 8.95. The summed E-state index contributed by atoms with van der Waals surface area (Å²) in [5, 5.41) is 7.25. The molecule has 0 unspecified atom stereocenters. The molecule has 1 aromatic rings. The van der Waals surface area contributed by atoms with E-state index in [2.05, 4.69) is 15.8 Å². The van der Waals surface area contributed by atoms with Crippen molar-refractivity contribution in [2.24, 2.45) is 22.2 Å². The van der Waals surface area contributed by atoms with Gasteiger partial charge < -0.3 is 16.0 Å². The summed E-state index contributed by atoms with van der Waals surface area (Å²) in [6.45, 7) is 4.21. The third-order valence-corrected chi connectivity index (χ3v) is 5.79. The maximum atomic E-state index is 13.2. The number of nitrogens with one attached hydrogen (secondary N) is 2. The van der Waals surface area contributed by atoms with Crippen LogP contribution in [0.2, 0.25) is 0 Å². The van der Waals surface area contributed by atoms with Gasteiger partial charge in [0.05, 0.1) is 17.2 Å². The zero-order valence-electron chi connectivity index (χ0n) is 17.1. The van der Waals surface area contributed by atoms with Gasteiger partial charge in [0.2, 0.25) is 17.7 Å². The Morgan fingerprint density at radius 1 is 1.34 bits per heavy atom. The number of hydrogen-bond donors (Lipinski definition) is 3. The smallest absolute Gasteiger partial charge is 0.248 e. The SMILES string of the molecule is CN[C@@H](CC(C)C)C(=O)N1C[C@]2(CC(c3ccccc3)=NNC2=O)C[C@H]1C(N)=O. The van der Waals surface area contributed by atoms with Crippen LogP contribution >= 0.6 is 0 Å². The lowest BCUT2D eigenvalue weighted by Gasteiger charge is -2.32. The monoisotopic (exact) mass is 399 g/mol. The Morgan fingerprint density at radius 2 is 2.03 bits per heavy atom. The number of benzene rings is 1. The first-order chi connectivity index (χ1) is 13.8. The summed E-state index contributed by atoms with van der Waals surface area (Å²) in [4.78, 5) is 39.7. The van der Waals surface area contributed by atoms with E-state index in [1.54, 1.807) is 7.05 Å². The number of amides is 3. The number of carbonyl (C=O) groups excluding carboxylic acids is 3. The molecule has 1 aromatic carbocycles. The van der Waals surface area contributed by atoms with Crippen molar-refractivity contribution in [2.45, 2.75) is 45.2 Å². The molecule has 0 bridgehead atoms. The topological polar surface area (TPSA) is 117 Å². The highest BCUT2D eigenvalue weighted by atomic mass is 16.2. The molecule has 156 valence electrons. The van der Waals surface area contributed by atoms with E-state index >= 15 is 0 Å². The number of rotatable bonds is 6. The zero-order valence-corrected chi connectivity index (χ0v) is 17.1. The van der Waals surface area contributed by atoms with Crippen LogP contribution in [-0.2, 0) is 14.4 Å². The molecule has 0 aromatic heterocycles. The molecular formula is C21H29N5O3. The van der Waals surface area contributed by atoms with Gasteiger partial charge in [-0.2, -0.15) is 5.10 Å². The second-order valence-electron chi connectivity index (χ2n) is 8.38. The van der Waals surface area contributed by atoms with E-state index in [9.17, 15) is 14.4 Å². The van der Waals surface area contributed by atoms with E-state index in [1.165, 1.54) is 4.90 Å². The Hall–Kier alpha value is -2.74. The molecule has 0 saturated carbocycles. The predicted octanol–water partition coefficient (Wildman–Crippen LogP) is 0.617. The Balaban J connectivity index is 1.89. The molecule has 2 aliphatic heterocycles. The molecule has 1 saturated heterocycles. The largest absolute Gasteiger partial charge is 0.368 e. The summed E-state index contributed by atoms with van der Waals surface area (Å²) in [5.74, 6) is -0.761. The molecule has 3 atom stereocenters. The highest BCUT2D eigenvalue weighted by Crippen LogP contribution is 2.41. The minimum Gasteiger partial charge on any atom is -0.368 e. The van der Waals surface area contributed by atoms with Crippen LogP contribution in [0, 0.1) is 11.3 Å². The number of likely N-dealkylation sites (N-methyl/N-ethyl adjacent to an activating group) is 1. The van der Waals surface area contributed by atoms with Gasteiger partial charge in [-0.05, 0) is 31.4 Å². The Morgan fingerprint density at radius 3 is 2.62 bits per heavy atom. The van der Waals surface area contributed by atoms with E-state index in [4.69, 9.17) is 5.73 Å². The Kier molecular flexibility index (Phi) is 6.02. The zero-order chi connectivity index (χ0) is 21.2. The van der Waals surface area contributed by atoms with E-state index in [-0.39, 0.29) is 24.8 Å². The second-order valence-corrected chi connectivity index (χ2v) is 8.38. The molecule has 1 fully saturated rings. The van der Waals surface area contributed by atoms with Crippen LogP contribution in [0.1, 0.15) is 38.7 Å². The minimum atomic E-state index is -0.918. The number of likely N-dealkylation sites (tertiary alicyclic amines) is 1. The fraction of sp³-hybridized carbons (Fsp3) is 0.524. The van der Waals surface area contributed by atoms with Crippen molar-refractivity contribution in [3.05, 3.63) is 35.9 Å². The van der Waals surface area contributed by atoms with Crippen LogP contribution in [0.15, 0.2) is 35.4 Å². The van der Waals surface area contributed by atoms with Crippen LogP contribution in [0.4, 0.5) is 0 Å². The summed E-state index contributed by atoms with van der Waals surface area (Å²) in [7, 11) is 1.73. The molecule has 29 heavy (non-hydrogen) atoms. The summed E-state index contributed by atoms with van der Waals surface area (Å²) in [6, 6.07) is 8.32. The summed E-state index contributed by atoms with van der Waals surface area (Å²) in [6.07, 6.45) is 1.18. The average Bonchev–Trinajstić information content (AvgIpc) is 3.09. The number of carbonyl (C=O) groups is 3. The highest BCUT2D eigenvalue weighted by Gasteiger charge is 2.54. The second kappa shape index (κ2) is 8.32. The third-order valence-electron chi connectivity index (χ3n) is 5.79. The molecule has 0 radical (unpaired) electrons. The molecular weight excluding hydrogens is 370 g/mol. The normalized spacial score (nSPS) is 25.1. The molecule has 1 spiro atoms. The molecule has 2 aliphatic rings. The van der Waals surface area contributed by atoms with E-state index in [1.807, 2.05) is 44.2 Å². The number of nitrogens with zero attached hydrogens (tertiary/aromatic N) is 2. The van der Waals surface area contributed by atoms with Crippen LogP contribution in [0.5, 0.6) is 0 Å². The van der Waals surface area contributed by atoms with Crippen molar-refractivity contribution in [3.8, 4) is 0 Å². The molecule has 8 nitrogen and oxygen atoms in total. The minimum absolute atomic E-state index is 0.146. The molecule has 8 heteroatoms. The average molecular weight is 399 g/mol. The van der Waals surface area contributed by atoms with E-state index in [0.29, 0.717) is 18.8 Å².